The van der Waals surface area contributed by atoms with Gasteiger partial charge in [-0.25, -0.2) is 0 Å². The molecule has 0 saturated heterocycles. The van der Waals surface area contributed by atoms with Crippen LogP contribution in [-0.4, -0.2) is 19.1 Å². The van der Waals surface area contributed by atoms with Crippen LogP contribution >= 0.6 is 11.6 Å². The number of carbonyl (C=O) groups is 1. The summed E-state index contributed by atoms with van der Waals surface area (Å²) in [7, 11) is 0. The van der Waals surface area contributed by atoms with Gasteiger partial charge in [0, 0.05) is 17.9 Å². The highest BCUT2D eigenvalue weighted by Crippen LogP contribution is 2.16. The molecule has 106 valence electrons. The monoisotopic (exact) mass is 293 g/mol. The van der Waals surface area contributed by atoms with Crippen molar-refractivity contribution in [1.29, 1.82) is 0 Å². The molecular weight excluding hydrogens is 278 g/mol. The first kappa shape index (κ1) is 14.5. The summed E-state index contributed by atoms with van der Waals surface area (Å²) in [5, 5.41) is 3.42. The predicted octanol–water partition coefficient (Wildman–Crippen LogP) is 3.06. The lowest BCUT2D eigenvalue weighted by molar-refractivity contribution is -0.121. The fourth-order valence-corrected chi connectivity index (χ4v) is 1.88. The SMILES string of the molecule is O=C(CCc1ccco1)NCCOc1cccc(Cl)c1. The Morgan fingerprint density at radius 1 is 1.30 bits per heavy atom. The van der Waals surface area contributed by atoms with Crippen LogP contribution in [0.2, 0.25) is 5.02 Å². The first-order chi connectivity index (χ1) is 9.74. The number of amides is 1. The minimum Gasteiger partial charge on any atom is -0.492 e. The van der Waals surface area contributed by atoms with Gasteiger partial charge in [0.2, 0.25) is 5.91 Å². The van der Waals surface area contributed by atoms with E-state index in [9.17, 15) is 4.79 Å². The standard InChI is InChI=1S/C15H16ClNO3/c16-12-3-1-4-14(11-12)20-10-8-17-15(18)7-6-13-5-2-9-19-13/h1-5,9,11H,6-8,10H2,(H,17,18). The maximum absolute atomic E-state index is 11.6. The molecule has 0 aliphatic carbocycles. The van der Waals surface area contributed by atoms with Crippen molar-refractivity contribution >= 4 is 17.5 Å². The zero-order valence-corrected chi connectivity index (χ0v) is 11.7. The normalized spacial score (nSPS) is 10.2. The fraction of sp³-hybridized carbons (Fsp3) is 0.267. The quantitative estimate of drug-likeness (QED) is 0.798. The van der Waals surface area contributed by atoms with E-state index in [1.807, 2.05) is 24.3 Å². The highest BCUT2D eigenvalue weighted by molar-refractivity contribution is 6.30. The average Bonchev–Trinajstić information content (AvgIpc) is 2.95. The van der Waals surface area contributed by atoms with E-state index in [1.165, 1.54) is 0 Å². The van der Waals surface area contributed by atoms with Crippen molar-refractivity contribution in [2.75, 3.05) is 13.2 Å². The third kappa shape index (κ3) is 4.97. The number of hydrogen-bond acceptors (Lipinski definition) is 3. The van der Waals surface area contributed by atoms with Crippen molar-refractivity contribution in [3.63, 3.8) is 0 Å². The molecule has 4 nitrogen and oxygen atoms in total. The number of ether oxygens (including phenoxy) is 1. The summed E-state index contributed by atoms with van der Waals surface area (Å²) >= 11 is 5.84. The van der Waals surface area contributed by atoms with E-state index in [4.69, 9.17) is 20.8 Å². The molecule has 0 saturated carbocycles. The molecule has 5 heteroatoms. The van der Waals surface area contributed by atoms with Gasteiger partial charge in [0.05, 0.1) is 12.8 Å². The number of furan rings is 1. The van der Waals surface area contributed by atoms with E-state index in [1.54, 1.807) is 18.4 Å². The third-order valence-electron chi connectivity index (χ3n) is 2.67. The molecule has 20 heavy (non-hydrogen) atoms. The van der Waals surface area contributed by atoms with E-state index in [2.05, 4.69) is 5.32 Å². The van der Waals surface area contributed by atoms with Crippen LogP contribution in [0.25, 0.3) is 0 Å². The first-order valence-electron chi connectivity index (χ1n) is 6.41. The maximum atomic E-state index is 11.6. The second-order valence-corrected chi connectivity index (χ2v) is 4.67. The molecule has 2 rings (SSSR count). The van der Waals surface area contributed by atoms with Crippen LogP contribution in [0.1, 0.15) is 12.2 Å². The summed E-state index contributed by atoms with van der Waals surface area (Å²) in [4.78, 5) is 11.6. The smallest absolute Gasteiger partial charge is 0.220 e. The Morgan fingerprint density at radius 3 is 2.95 bits per heavy atom. The summed E-state index contributed by atoms with van der Waals surface area (Å²) in [6, 6.07) is 10.8. The molecule has 0 unspecified atom stereocenters. The van der Waals surface area contributed by atoms with Crippen molar-refractivity contribution in [2.45, 2.75) is 12.8 Å². The minimum absolute atomic E-state index is 0.0175. The molecule has 1 aromatic carbocycles. The van der Waals surface area contributed by atoms with Crippen LogP contribution in [0.5, 0.6) is 5.75 Å². The first-order valence-corrected chi connectivity index (χ1v) is 6.79. The van der Waals surface area contributed by atoms with Gasteiger partial charge in [-0.15, -0.1) is 0 Å². The Kier molecular flexibility index (Phi) is 5.50. The second-order valence-electron chi connectivity index (χ2n) is 4.24. The van der Waals surface area contributed by atoms with Gasteiger partial charge in [-0.3, -0.25) is 4.79 Å². The summed E-state index contributed by atoms with van der Waals surface area (Å²) in [6.45, 7) is 0.871. The van der Waals surface area contributed by atoms with E-state index >= 15 is 0 Å². The topological polar surface area (TPSA) is 51.5 Å². The number of aryl methyl sites for hydroxylation is 1. The van der Waals surface area contributed by atoms with Crippen molar-refractivity contribution in [3.8, 4) is 5.75 Å². The molecule has 0 radical (unpaired) electrons. The van der Waals surface area contributed by atoms with Crippen molar-refractivity contribution in [2.24, 2.45) is 0 Å². The maximum Gasteiger partial charge on any atom is 0.220 e. The molecular formula is C15H16ClNO3. The van der Waals surface area contributed by atoms with Crippen molar-refractivity contribution in [3.05, 3.63) is 53.4 Å². The molecule has 0 aliphatic heterocycles. The van der Waals surface area contributed by atoms with Gasteiger partial charge in [0.1, 0.15) is 18.1 Å². The van der Waals surface area contributed by atoms with Crippen LogP contribution in [0.4, 0.5) is 0 Å². The van der Waals surface area contributed by atoms with E-state index < -0.39 is 0 Å². The van der Waals surface area contributed by atoms with Gasteiger partial charge in [0.25, 0.3) is 0 Å². The molecule has 1 N–H and O–H groups in total. The Bertz CT molecular complexity index is 540. The third-order valence-corrected chi connectivity index (χ3v) is 2.90. The van der Waals surface area contributed by atoms with Crippen molar-refractivity contribution < 1.29 is 13.9 Å². The molecule has 2 aromatic rings. The highest BCUT2D eigenvalue weighted by Gasteiger charge is 2.03. The van der Waals surface area contributed by atoms with E-state index in [0.29, 0.717) is 36.8 Å². The Hall–Kier alpha value is -1.94. The molecule has 0 atom stereocenters. The fourth-order valence-electron chi connectivity index (χ4n) is 1.70. The predicted molar refractivity (Wildman–Crippen MR) is 77.0 cm³/mol. The number of halogens is 1. The molecule has 1 heterocycles. The van der Waals surface area contributed by atoms with Crippen molar-refractivity contribution in [1.82, 2.24) is 5.32 Å². The lowest BCUT2D eigenvalue weighted by atomic mass is 10.2. The van der Waals surface area contributed by atoms with Gasteiger partial charge < -0.3 is 14.5 Å². The summed E-state index contributed by atoms with van der Waals surface area (Å²) in [6.07, 6.45) is 2.62. The molecule has 0 spiro atoms. The van der Waals surface area contributed by atoms with Gasteiger partial charge in [-0.2, -0.15) is 0 Å². The summed E-state index contributed by atoms with van der Waals surface area (Å²) < 4.78 is 10.6. The summed E-state index contributed by atoms with van der Waals surface area (Å²) in [5.74, 6) is 1.49. The molecule has 1 aromatic heterocycles. The Balaban J connectivity index is 1.59. The molecule has 0 bridgehead atoms. The zero-order chi connectivity index (χ0) is 14.2. The number of benzene rings is 1. The zero-order valence-electron chi connectivity index (χ0n) is 11.0. The van der Waals surface area contributed by atoms with E-state index in [-0.39, 0.29) is 5.91 Å². The van der Waals surface area contributed by atoms with Gasteiger partial charge in [-0.05, 0) is 30.3 Å². The van der Waals surface area contributed by atoms with Gasteiger partial charge in [-0.1, -0.05) is 17.7 Å². The number of rotatable bonds is 7. The van der Waals surface area contributed by atoms with Crippen LogP contribution < -0.4 is 10.1 Å². The van der Waals surface area contributed by atoms with Crippen LogP contribution in [0.3, 0.4) is 0 Å². The number of nitrogens with one attached hydrogen (secondary N) is 1. The lowest BCUT2D eigenvalue weighted by Gasteiger charge is -2.07. The molecule has 0 fully saturated rings. The van der Waals surface area contributed by atoms with Gasteiger partial charge >= 0.3 is 0 Å². The number of hydrogen-bond donors (Lipinski definition) is 1. The Morgan fingerprint density at radius 2 is 2.20 bits per heavy atom. The molecule has 1 amide bonds. The van der Waals surface area contributed by atoms with Crippen LogP contribution in [0.15, 0.2) is 47.1 Å². The van der Waals surface area contributed by atoms with Gasteiger partial charge in [0.15, 0.2) is 0 Å². The largest absolute Gasteiger partial charge is 0.492 e. The van der Waals surface area contributed by atoms with Crippen LogP contribution in [-0.2, 0) is 11.2 Å². The minimum atomic E-state index is -0.0175. The average molecular weight is 294 g/mol. The number of carbonyl (C=O) groups excluding carboxylic acids is 1. The summed E-state index contributed by atoms with van der Waals surface area (Å²) in [5.41, 5.74) is 0. The van der Waals surface area contributed by atoms with Crippen LogP contribution in [0, 0.1) is 0 Å². The Labute approximate surface area is 122 Å². The van der Waals surface area contributed by atoms with E-state index in [0.717, 1.165) is 5.76 Å². The molecule has 0 aliphatic rings. The highest BCUT2D eigenvalue weighted by atomic mass is 35.5. The lowest BCUT2D eigenvalue weighted by Crippen LogP contribution is -2.28. The second kappa shape index (κ2) is 7.60.